The molecule has 7 heteroatoms. The zero-order valence-corrected chi connectivity index (χ0v) is 22.2. The summed E-state index contributed by atoms with van der Waals surface area (Å²) in [4.78, 5) is 5.46. The quantitative estimate of drug-likeness (QED) is 0.389. The third kappa shape index (κ3) is 7.12. The summed E-state index contributed by atoms with van der Waals surface area (Å²) in [7, 11) is -3.69. The molecule has 2 saturated heterocycles. The molecule has 0 bridgehead atoms. The molecule has 0 unspecified atom stereocenters. The molecule has 2 aliphatic heterocycles. The van der Waals surface area contributed by atoms with Gasteiger partial charge in [0.15, 0.2) is 0 Å². The summed E-state index contributed by atoms with van der Waals surface area (Å²) in [6.07, 6.45) is 7.53. The fraction of sp³-hybridized carbons (Fsp3) is 0.400. The molecule has 2 fully saturated rings. The van der Waals surface area contributed by atoms with Gasteiger partial charge in [0.1, 0.15) is 11.5 Å². The largest absolute Gasteiger partial charge is 0.457 e. The molecule has 2 heterocycles. The van der Waals surface area contributed by atoms with Gasteiger partial charge in [-0.3, -0.25) is 4.72 Å². The van der Waals surface area contributed by atoms with Gasteiger partial charge in [-0.15, -0.1) is 0 Å². The second-order valence-electron chi connectivity index (χ2n) is 10.1. The highest BCUT2D eigenvalue weighted by Gasteiger charge is 2.25. The van der Waals surface area contributed by atoms with Crippen molar-refractivity contribution in [1.82, 2.24) is 9.80 Å². The van der Waals surface area contributed by atoms with Crippen LogP contribution in [-0.2, 0) is 16.4 Å². The molecule has 196 valence electrons. The van der Waals surface area contributed by atoms with Crippen molar-refractivity contribution in [3.05, 3.63) is 84.4 Å². The van der Waals surface area contributed by atoms with Crippen LogP contribution in [0.4, 0.5) is 5.69 Å². The number of hydrogen-bond donors (Lipinski definition) is 1. The van der Waals surface area contributed by atoms with Crippen LogP contribution in [0.25, 0.3) is 0 Å². The van der Waals surface area contributed by atoms with E-state index in [1.54, 1.807) is 30.3 Å². The monoisotopic (exact) mass is 519 g/mol. The fourth-order valence-corrected chi connectivity index (χ4v) is 6.44. The van der Waals surface area contributed by atoms with Crippen LogP contribution >= 0.6 is 0 Å². The molecule has 2 aliphatic rings. The Labute approximate surface area is 221 Å². The van der Waals surface area contributed by atoms with E-state index >= 15 is 0 Å². The molecule has 0 saturated carbocycles. The van der Waals surface area contributed by atoms with Crippen LogP contribution in [-0.4, -0.2) is 57.0 Å². The molecule has 0 radical (unpaired) electrons. The molecular formula is C30H37N3O3S. The van der Waals surface area contributed by atoms with E-state index in [9.17, 15) is 8.42 Å². The Bertz CT molecular complexity index is 1230. The molecule has 5 rings (SSSR count). The summed E-state index contributed by atoms with van der Waals surface area (Å²) < 4.78 is 34.5. The minimum absolute atomic E-state index is 0.204. The summed E-state index contributed by atoms with van der Waals surface area (Å²) in [6.45, 7) is 5.86. The second-order valence-corrected chi connectivity index (χ2v) is 11.8. The molecule has 3 aromatic carbocycles. The lowest BCUT2D eigenvalue weighted by molar-refractivity contribution is 0.0931. The van der Waals surface area contributed by atoms with Gasteiger partial charge in [0, 0.05) is 18.3 Å². The molecule has 0 aromatic heterocycles. The van der Waals surface area contributed by atoms with E-state index < -0.39 is 10.0 Å². The Morgan fingerprint density at radius 1 is 0.784 bits per heavy atom. The Morgan fingerprint density at radius 2 is 1.49 bits per heavy atom. The number of piperidine rings is 2. The maximum atomic E-state index is 13.0. The second kappa shape index (κ2) is 12.1. The molecule has 0 amide bonds. The number of likely N-dealkylation sites (tertiary alicyclic amines) is 2. The van der Waals surface area contributed by atoms with Crippen LogP contribution in [0.2, 0.25) is 0 Å². The fourth-order valence-electron chi connectivity index (χ4n) is 5.39. The third-order valence-corrected chi connectivity index (χ3v) is 8.87. The van der Waals surface area contributed by atoms with Gasteiger partial charge in [0.05, 0.1) is 4.90 Å². The predicted octanol–water partition coefficient (Wildman–Crippen LogP) is 5.77. The van der Waals surface area contributed by atoms with Crippen LogP contribution in [0.15, 0.2) is 83.8 Å². The van der Waals surface area contributed by atoms with E-state index in [0.717, 1.165) is 37.7 Å². The first-order valence-electron chi connectivity index (χ1n) is 13.5. The Morgan fingerprint density at radius 3 is 2.22 bits per heavy atom. The summed E-state index contributed by atoms with van der Waals surface area (Å²) in [5.74, 6) is 1.30. The summed E-state index contributed by atoms with van der Waals surface area (Å²) >= 11 is 0. The zero-order valence-electron chi connectivity index (χ0n) is 21.4. The highest BCUT2D eigenvalue weighted by molar-refractivity contribution is 7.92. The summed E-state index contributed by atoms with van der Waals surface area (Å²) in [6, 6.07) is 24.4. The van der Waals surface area contributed by atoms with Gasteiger partial charge in [-0.2, -0.15) is 0 Å². The van der Waals surface area contributed by atoms with E-state index in [2.05, 4.69) is 20.6 Å². The lowest BCUT2D eigenvalue weighted by Crippen LogP contribution is -2.47. The van der Waals surface area contributed by atoms with Gasteiger partial charge in [0.25, 0.3) is 10.0 Å². The van der Waals surface area contributed by atoms with Gasteiger partial charge >= 0.3 is 0 Å². The maximum Gasteiger partial charge on any atom is 0.261 e. The highest BCUT2D eigenvalue weighted by Crippen LogP contribution is 2.25. The van der Waals surface area contributed by atoms with Gasteiger partial charge in [-0.25, -0.2) is 8.42 Å². The van der Waals surface area contributed by atoms with Crippen molar-refractivity contribution < 1.29 is 13.2 Å². The predicted molar refractivity (Wildman–Crippen MR) is 149 cm³/mol. The lowest BCUT2D eigenvalue weighted by atomic mass is 9.99. The van der Waals surface area contributed by atoms with E-state index in [1.165, 1.54) is 45.2 Å². The SMILES string of the molecule is O=S(=O)(Nc1cccc(CCN2CCC(N3CCCCC3)CC2)c1)c1ccc(Oc2ccccc2)cc1. The molecular weight excluding hydrogens is 482 g/mol. The molecule has 6 nitrogen and oxygen atoms in total. The van der Waals surface area contributed by atoms with Crippen LogP contribution < -0.4 is 9.46 Å². The van der Waals surface area contributed by atoms with Gasteiger partial charge in [0.2, 0.25) is 0 Å². The number of nitrogens with zero attached hydrogens (tertiary/aromatic N) is 2. The van der Waals surface area contributed by atoms with Crippen molar-refractivity contribution in [2.75, 3.05) is 37.4 Å². The smallest absolute Gasteiger partial charge is 0.261 e. The van der Waals surface area contributed by atoms with E-state index in [-0.39, 0.29) is 4.90 Å². The van der Waals surface area contributed by atoms with Gasteiger partial charge in [-0.05, 0) is 112 Å². The first-order chi connectivity index (χ1) is 18.0. The number of benzene rings is 3. The number of hydrogen-bond acceptors (Lipinski definition) is 5. The van der Waals surface area contributed by atoms with Crippen molar-refractivity contribution in [3.8, 4) is 11.5 Å². The van der Waals surface area contributed by atoms with E-state index in [0.29, 0.717) is 17.2 Å². The number of sulfonamides is 1. The maximum absolute atomic E-state index is 13.0. The van der Waals surface area contributed by atoms with Crippen LogP contribution in [0, 0.1) is 0 Å². The average molecular weight is 520 g/mol. The summed E-state index contributed by atoms with van der Waals surface area (Å²) in [5.41, 5.74) is 1.73. The minimum Gasteiger partial charge on any atom is -0.457 e. The first kappa shape index (κ1) is 25.8. The van der Waals surface area contributed by atoms with Crippen LogP contribution in [0.3, 0.4) is 0 Å². The third-order valence-electron chi connectivity index (χ3n) is 7.47. The number of ether oxygens (including phenoxy) is 1. The normalized spacial score (nSPS) is 17.9. The molecule has 0 atom stereocenters. The van der Waals surface area contributed by atoms with E-state index in [1.807, 2.05) is 42.5 Å². The molecule has 37 heavy (non-hydrogen) atoms. The summed E-state index contributed by atoms with van der Waals surface area (Å²) in [5, 5.41) is 0. The highest BCUT2D eigenvalue weighted by atomic mass is 32.2. The average Bonchev–Trinajstić information content (AvgIpc) is 2.94. The van der Waals surface area contributed by atoms with Crippen LogP contribution in [0.5, 0.6) is 11.5 Å². The number of nitrogens with one attached hydrogen (secondary N) is 1. The number of anilines is 1. The standard InChI is InChI=1S/C30H37N3O3S/c34-37(35,30-14-12-29(13-15-30)36-28-10-3-1-4-11-28)31-26-9-7-8-25(24-26)16-21-32-22-17-27(18-23-32)33-19-5-2-6-20-33/h1,3-4,7-15,24,27,31H,2,5-6,16-23H2. The minimum atomic E-state index is -3.69. The molecule has 1 N–H and O–H groups in total. The van der Waals surface area contributed by atoms with Crippen molar-refractivity contribution >= 4 is 15.7 Å². The van der Waals surface area contributed by atoms with Crippen molar-refractivity contribution in [1.29, 1.82) is 0 Å². The van der Waals surface area contributed by atoms with Crippen molar-refractivity contribution in [2.45, 2.75) is 49.5 Å². The van der Waals surface area contributed by atoms with Crippen molar-refractivity contribution in [3.63, 3.8) is 0 Å². The van der Waals surface area contributed by atoms with E-state index in [4.69, 9.17) is 4.74 Å². The number of rotatable bonds is 9. The number of para-hydroxylation sites is 1. The first-order valence-corrected chi connectivity index (χ1v) is 14.9. The molecule has 0 aliphatic carbocycles. The zero-order chi connectivity index (χ0) is 25.5. The van der Waals surface area contributed by atoms with Gasteiger partial charge < -0.3 is 14.5 Å². The van der Waals surface area contributed by atoms with Gasteiger partial charge in [-0.1, -0.05) is 36.8 Å². The topological polar surface area (TPSA) is 61.9 Å². The van der Waals surface area contributed by atoms with Crippen LogP contribution in [0.1, 0.15) is 37.7 Å². The Balaban J connectivity index is 1.13. The molecule has 0 spiro atoms. The Hall–Kier alpha value is -2.87. The lowest BCUT2D eigenvalue weighted by Gasteiger charge is -2.40. The Kier molecular flexibility index (Phi) is 8.44. The van der Waals surface area contributed by atoms with Crippen molar-refractivity contribution in [2.24, 2.45) is 0 Å². The molecule has 3 aromatic rings.